The molecule has 2 amide bonds. The van der Waals surface area contributed by atoms with Crippen molar-refractivity contribution in [3.8, 4) is 5.82 Å². The first-order valence-electron chi connectivity index (χ1n) is 9.11. The third-order valence-electron chi connectivity index (χ3n) is 4.32. The highest BCUT2D eigenvalue weighted by Gasteiger charge is 2.22. The van der Waals surface area contributed by atoms with Crippen LogP contribution in [0.4, 0.5) is 0 Å². The summed E-state index contributed by atoms with van der Waals surface area (Å²) in [5, 5.41) is 4.32. The maximum Gasteiger partial charge on any atom is 0.279 e. The van der Waals surface area contributed by atoms with Gasteiger partial charge in [-0.25, -0.2) is 9.67 Å². The van der Waals surface area contributed by atoms with Crippen molar-refractivity contribution in [1.82, 2.24) is 25.6 Å². The van der Waals surface area contributed by atoms with E-state index < -0.39 is 5.91 Å². The highest BCUT2D eigenvalue weighted by atomic mass is 32.1. The molecule has 0 spiro atoms. The van der Waals surface area contributed by atoms with Crippen LogP contribution in [0.3, 0.4) is 0 Å². The fourth-order valence-corrected chi connectivity index (χ4v) is 3.98. The van der Waals surface area contributed by atoms with E-state index in [1.165, 1.54) is 17.5 Å². The number of aromatic nitrogens is 3. The summed E-state index contributed by atoms with van der Waals surface area (Å²) in [6.07, 6.45) is 4.05. The summed E-state index contributed by atoms with van der Waals surface area (Å²) in [6.45, 7) is 7.99. The van der Waals surface area contributed by atoms with Gasteiger partial charge in [0.15, 0.2) is 5.82 Å². The van der Waals surface area contributed by atoms with E-state index in [2.05, 4.69) is 27.9 Å². The molecule has 3 heterocycles. The number of carbonyl (C=O) groups is 2. The van der Waals surface area contributed by atoms with Gasteiger partial charge in [0.1, 0.15) is 0 Å². The minimum absolute atomic E-state index is 0.0352. The first-order valence-corrected chi connectivity index (χ1v) is 9.93. The second kappa shape index (κ2) is 8.35. The molecular weight excluding hydrogens is 374 g/mol. The van der Waals surface area contributed by atoms with Gasteiger partial charge in [-0.15, -0.1) is 11.3 Å². The van der Waals surface area contributed by atoms with Crippen molar-refractivity contribution >= 4 is 23.2 Å². The molecule has 2 N–H and O–H groups in total. The number of aryl methyl sites for hydroxylation is 2. The van der Waals surface area contributed by atoms with E-state index in [9.17, 15) is 9.59 Å². The van der Waals surface area contributed by atoms with Gasteiger partial charge in [-0.1, -0.05) is 26.8 Å². The van der Waals surface area contributed by atoms with Gasteiger partial charge in [0.2, 0.25) is 0 Å². The summed E-state index contributed by atoms with van der Waals surface area (Å²) >= 11 is 1.44. The standard InChI is InChI=1S/C20H23N5O2S/c1-5-15-13(4)10-16(28-15)20(27)24-23-19(26)14-11-22-25(18(14)12(2)3)17-8-6-7-9-21-17/h6-12H,5H2,1-4H3,(H,23,26)(H,24,27). The Hall–Kier alpha value is -3.00. The smallest absolute Gasteiger partial charge is 0.267 e. The molecule has 7 nitrogen and oxygen atoms in total. The predicted octanol–water partition coefficient (Wildman–Crippen LogP) is 3.40. The van der Waals surface area contributed by atoms with Crippen molar-refractivity contribution in [2.75, 3.05) is 0 Å². The van der Waals surface area contributed by atoms with Crippen LogP contribution < -0.4 is 10.9 Å². The lowest BCUT2D eigenvalue weighted by molar-refractivity contribution is 0.0848. The van der Waals surface area contributed by atoms with E-state index in [0.717, 1.165) is 22.6 Å². The monoisotopic (exact) mass is 397 g/mol. The van der Waals surface area contributed by atoms with Crippen LogP contribution in [-0.2, 0) is 6.42 Å². The van der Waals surface area contributed by atoms with Crippen LogP contribution in [0.1, 0.15) is 62.9 Å². The van der Waals surface area contributed by atoms with Crippen LogP contribution in [0.5, 0.6) is 0 Å². The molecule has 8 heteroatoms. The Bertz CT molecular complexity index is 991. The van der Waals surface area contributed by atoms with Gasteiger partial charge in [0, 0.05) is 11.1 Å². The molecule has 28 heavy (non-hydrogen) atoms. The molecule has 0 saturated heterocycles. The molecule has 3 aromatic heterocycles. The maximum atomic E-state index is 12.7. The van der Waals surface area contributed by atoms with Crippen LogP contribution >= 0.6 is 11.3 Å². The lowest BCUT2D eigenvalue weighted by atomic mass is 10.1. The largest absolute Gasteiger partial charge is 0.279 e. The number of carbonyl (C=O) groups excluding carboxylic acids is 2. The average Bonchev–Trinajstić information content (AvgIpc) is 3.30. The van der Waals surface area contributed by atoms with Crippen molar-refractivity contribution < 1.29 is 9.59 Å². The molecule has 0 aliphatic heterocycles. The molecule has 0 saturated carbocycles. The number of hydrogen-bond acceptors (Lipinski definition) is 5. The Morgan fingerprint density at radius 2 is 1.96 bits per heavy atom. The third kappa shape index (κ3) is 3.96. The highest BCUT2D eigenvalue weighted by Crippen LogP contribution is 2.23. The SMILES string of the molecule is CCc1sc(C(=O)NNC(=O)c2cnn(-c3ccccn3)c2C(C)C)cc1C. The first kappa shape index (κ1) is 19.8. The number of rotatable bonds is 5. The summed E-state index contributed by atoms with van der Waals surface area (Å²) in [4.78, 5) is 31.1. The Kier molecular flexibility index (Phi) is 5.89. The second-order valence-corrected chi connectivity index (χ2v) is 7.81. The molecule has 146 valence electrons. The van der Waals surface area contributed by atoms with E-state index in [0.29, 0.717) is 16.3 Å². The predicted molar refractivity (Wildman–Crippen MR) is 109 cm³/mol. The normalized spacial score (nSPS) is 10.9. The van der Waals surface area contributed by atoms with Gasteiger partial charge >= 0.3 is 0 Å². The van der Waals surface area contributed by atoms with Crippen LogP contribution in [0, 0.1) is 6.92 Å². The van der Waals surface area contributed by atoms with E-state index >= 15 is 0 Å². The van der Waals surface area contributed by atoms with E-state index in [4.69, 9.17) is 0 Å². The number of nitrogens with zero attached hydrogens (tertiary/aromatic N) is 3. The minimum Gasteiger partial charge on any atom is -0.267 e. The van der Waals surface area contributed by atoms with E-state index in [-0.39, 0.29) is 11.8 Å². The minimum atomic E-state index is -0.414. The summed E-state index contributed by atoms with van der Waals surface area (Å²) in [5.41, 5.74) is 7.21. The number of nitrogens with one attached hydrogen (secondary N) is 2. The zero-order valence-corrected chi connectivity index (χ0v) is 17.1. The molecule has 3 rings (SSSR count). The molecule has 0 bridgehead atoms. The van der Waals surface area contributed by atoms with E-state index in [1.807, 2.05) is 45.0 Å². The molecule has 0 aromatic carbocycles. The van der Waals surface area contributed by atoms with Crippen LogP contribution in [-0.4, -0.2) is 26.6 Å². The highest BCUT2D eigenvalue weighted by molar-refractivity contribution is 7.14. The molecular formula is C20H23N5O2S. The summed E-state index contributed by atoms with van der Waals surface area (Å²) < 4.78 is 1.65. The lowest BCUT2D eigenvalue weighted by Gasteiger charge is -2.12. The number of thiophene rings is 1. The summed E-state index contributed by atoms with van der Waals surface area (Å²) in [5.74, 6) is -0.0731. The fraction of sp³-hybridized carbons (Fsp3) is 0.300. The van der Waals surface area contributed by atoms with Crippen molar-refractivity contribution in [1.29, 1.82) is 0 Å². The Balaban J connectivity index is 1.77. The molecule has 0 fully saturated rings. The molecule has 0 aliphatic rings. The molecule has 0 aliphatic carbocycles. The first-order chi connectivity index (χ1) is 13.4. The average molecular weight is 398 g/mol. The van der Waals surface area contributed by atoms with Gasteiger partial charge in [-0.2, -0.15) is 5.10 Å². The Morgan fingerprint density at radius 1 is 1.21 bits per heavy atom. The van der Waals surface area contributed by atoms with Crippen molar-refractivity contribution in [2.24, 2.45) is 0 Å². The maximum absolute atomic E-state index is 12.7. The Labute approximate surface area is 167 Å². The number of pyridine rings is 1. The van der Waals surface area contributed by atoms with Gasteiger partial charge in [-0.05, 0) is 43.0 Å². The third-order valence-corrected chi connectivity index (χ3v) is 5.70. The van der Waals surface area contributed by atoms with Gasteiger partial charge in [-0.3, -0.25) is 20.4 Å². The van der Waals surface area contributed by atoms with E-state index in [1.54, 1.807) is 10.9 Å². The fourth-order valence-electron chi connectivity index (χ4n) is 2.98. The van der Waals surface area contributed by atoms with Gasteiger partial charge < -0.3 is 0 Å². The zero-order valence-electron chi connectivity index (χ0n) is 16.3. The molecule has 0 unspecified atom stereocenters. The van der Waals surface area contributed by atoms with Crippen LogP contribution in [0.25, 0.3) is 5.82 Å². The topological polar surface area (TPSA) is 88.9 Å². The van der Waals surface area contributed by atoms with Gasteiger partial charge in [0.05, 0.1) is 22.3 Å². The lowest BCUT2D eigenvalue weighted by Crippen LogP contribution is -2.41. The zero-order chi connectivity index (χ0) is 20.3. The summed E-state index contributed by atoms with van der Waals surface area (Å²) in [7, 11) is 0. The van der Waals surface area contributed by atoms with Crippen molar-refractivity contribution in [2.45, 2.75) is 40.0 Å². The number of hydrogen-bond donors (Lipinski definition) is 2. The quantitative estimate of drug-likeness (QED) is 0.646. The van der Waals surface area contributed by atoms with Crippen LogP contribution in [0.15, 0.2) is 36.7 Å². The van der Waals surface area contributed by atoms with Crippen molar-refractivity contribution in [3.05, 3.63) is 63.2 Å². The Morgan fingerprint density at radius 3 is 2.57 bits per heavy atom. The number of amides is 2. The second-order valence-electron chi connectivity index (χ2n) is 6.68. The molecule has 3 aromatic rings. The molecule has 0 atom stereocenters. The number of hydrazine groups is 1. The van der Waals surface area contributed by atoms with Crippen molar-refractivity contribution in [3.63, 3.8) is 0 Å². The molecule has 0 radical (unpaired) electrons. The van der Waals surface area contributed by atoms with Crippen LogP contribution in [0.2, 0.25) is 0 Å². The summed E-state index contributed by atoms with van der Waals surface area (Å²) in [6, 6.07) is 7.35. The van der Waals surface area contributed by atoms with Gasteiger partial charge in [0.25, 0.3) is 11.8 Å².